The average Bonchev–Trinajstić information content (AvgIpc) is 3.37. The molecule has 3 unspecified atom stereocenters. The smallest absolute Gasteiger partial charge is 0.466 e. The van der Waals surface area contributed by atoms with Gasteiger partial charge < -0.3 is 24.5 Å². The van der Waals surface area contributed by atoms with Crippen molar-refractivity contribution in [2.45, 2.75) is 45.4 Å². The molecule has 0 fully saturated rings. The molecule has 0 aliphatic rings. The number of methoxy groups -OCH3 is 1. The van der Waals surface area contributed by atoms with Gasteiger partial charge in [-0.05, 0) is 45.0 Å². The van der Waals surface area contributed by atoms with Crippen LogP contribution in [-0.2, 0) is 28.6 Å². The summed E-state index contributed by atoms with van der Waals surface area (Å²) in [4.78, 5) is 58.7. The second-order valence-corrected chi connectivity index (χ2v) is 8.62. The molecule has 40 heavy (non-hydrogen) atoms. The molecule has 0 spiro atoms. The predicted octanol–water partition coefficient (Wildman–Crippen LogP) is 3.68. The Bertz CT molecular complexity index is 1410. The number of ether oxygens (including phenoxy) is 3. The lowest BCUT2D eigenvalue weighted by Gasteiger charge is -2.33. The molecule has 0 bridgehead atoms. The first-order valence-corrected chi connectivity index (χ1v) is 12.1. The zero-order valence-electron chi connectivity index (χ0n) is 22.0. The van der Waals surface area contributed by atoms with E-state index in [2.05, 4.69) is 20.0 Å². The third-order valence-corrected chi connectivity index (χ3v) is 5.90. The summed E-state index contributed by atoms with van der Waals surface area (Å²) in [6.07, 6.45) is -1.53. The van der Waals surface area contributed by atoms with Crippen LogP contribution in [0.4, 0.5) is 23.7 Å². The summed E-state index contributed by atoms with van der Waals surface area (Å²) < 4.78 is 58.2. The van der Waals surface area contributed by atoms with Gasteiger partial charge in [-0.1, -0.05) is 0 Å². The number of anilines is 1. The van der Waals surface area contributed by atoms with Crippen molar-refractivity contribution in [1.29, 1.82) is 0 Å². The summed E-state index contributed by atoms with van der Waals surface area (Å²) in [5.74, 6) is -7.51. The van der Waals surface area contributed by atoms with Crippen LogP contribution in [0, 0.1) is 17.5 Å². The second kappa shape index (κ2) is 13.0. The fourth-order valence-electron chi connectivity index (χ4n) is 3.82. The van der Waals surface area contributed by atoms with Gasteiger partial charge in [-0.15, -0.1) is 0 Å². The topological polar surface area (TPSA) is 140 Å². The Morgan fingerprint density at radius 3 is 2.50 bits per heavy atom. The summed E-state index contributed by atoms with van der Waals surface area (Å²) in [7, 11) is 1.08. The van der Waals surface area contributed by atoms with Crippen LogP contribution in [0.2, 0.25) is 0 Å². The number of nitrogens with zero attached hydrogens (tertiary/aromatic N) is 2. The van der Waals surface area contributed by atoms with Crippen LogP contribution in [0.1, 0.15) is 38.8 Å². The lowest BCUT2D eigenvalue weighted by atomic mass is 10.00. The van der Waals surface area contributed by atoms with Crippen LogP contribution in [-0.4, -0.2) is 59.8 Å². The molecule has 1 heterocycles. The van der Waals surface area contributed by atoms with E-state index in [0.29, 0.717) is 17.1 Å². The number of carbonyl (C=O) groups is 4. The second-order valence-electron chi connectivity index (χ2n) is 8.62. The van der Waals surface area contributed by atoms with Crippen LogP contribution in [0.15, 0.2) is 36.7 Å². The molecule has 2 N–H and O–H groups in total. The number of amides is 2. The van der Waals surface area contributed by atoms with Crippen LogP contribution >= 0.6 is 0 Å². The monoisotopic (exact) mass is 564 g/mol. The fraction of sp³-hybridized carbons (Fsp3) is 0.346. The van der Waals surface area contributed by atoms with Crippen molar-refractivity contribution in [3.05, 3.63) is 59.7 Å². The largest absolute Gasteiger partial charge is 0.508 e. The molecule has 14 heteroatoms. The Morgan fingerprint density at radius 1 is 1.10 bits per heavy atom. The van der Waals surface area contributed by atoms with E-state index in [4.69, 9.17) is 9.47 Å². The Labute approximate surface area is 226 Å². The first kappa shape index (κ1) is 29.9. The van der Waals surface area contributed by atoms with E-state index in [9.17, 15) is 28.0 Å². The molecule has 11 nitrogen and oxygen atoms in total. The molecule has 2 aromatic carbocycles. The summed E-state index contributed by atoms with van der Waals surface area (Å²) in [6.45, 7) is 4.33. The highest BCUT2D eigenvalue weighted by Crippen LogP contribution is 2.33. The van der Waals surface area contributed by atoms with Crippen molar-refractivity contribution in [3.8, 4) is 0 Å². The quantitative estimate of drug-likeness (QED) is 0.216. The maximum Gasteiger partial charge on any atom is 0.508 e. The van der Waals surface area contributed by atoms with Gasteiger partial charge in [-0.25, -0.2) is 22.9 Å². The van der Waals surface area contributed by atoms with Gasteiger partial charge in [0.15, 0.2) is 11.6 Å². The lowest BCUT2D eigenvalue weighted by molar-refractivity contribution is -0.146. The van der Waals surface area contributed by atoms with Crippen molar-refractivity contribution in [2.75, 3.05) is 18.6 Å². The van der Waals surface area contributed by atoms with Crippen LogP contribution in [0.25, 0.3) is 11.0 Å². The molecule has 3 aromatic rings. The molecule has 1 aromatic heterocycles. The van der Waals surface area contributed by atoms with Crippen LogP contribution in [0.3, 0.4) is 0 Å². The van der Waals surface area contributed by atoms with Gasteiger partial charge in [0, 0.05) is 17.3 Å². The Morgan fingerprint density at radius 2 is 1.82 bits per heavy atom. The van der Waals surface area contributed by atoms with Crippen LogP contribution in [0.5, 0.6) is 0 Å². The first-order chi connectivity index (χ1) is 19.0. The molecular weight excluding hydrogens is 537 g/mol. The molecule has 214 valence electrons. The molecule has 0 aliphatic carbocycles. The number of nitrogens with one attached hydrogen (secondary N) is 2. The van der Waals surface area contributed by atoms with E-state index < -0.39 is 71.6 Å². The van der Waals surface area contributed by atoms with Crippen molar-refractivity contribution in [2.24, 2.45) is 0 Å². The predicted molar refractivity (Wildman–Crippen MR) is 134 cm³/mol. The third-order valence-electron chi connectivity index (χ3n) is 5.90. The highest BCUT2D eigenvalue weighted by Gasteiger charge is 2.38. The van der Waals surface area contributed by atoms with Crippen molar-refractivity contribution in [1.82, 2.24) is 15.3 Å². The number of fused-ring (bicyclic) bond motifs is 1. The fourth-order valence-corrected chi connectivity index (χ4v) is 3.82. The van der Waals surface area contributed by atoms with Gasteiger partial charge in [0.2, 0.25) is 11.8 Å². The number of halogens is 3. The minimum absolute atomic E-state index is 0.0374. The molecule has 0 saturated carbocycles. The number of carbonyl (C=O) groups excluding carboxylic acids is 4. The van der Waals surface area contributed by atoms with Crippen molar-refractivity contribution < 1.29 is 46.6 Å². The number of hydrogen-bond donors (Lipinski definition) is 2. The van der Waals surface area contributed by atoms with Gasteiger partial charge in [-0.2, -0.15) is 0 Å². The summed E-state index contributed by atoms with van der Waals surface area (Å²) in [5, 5.41) is 2.47. The minimum Gasteiger partial charge on any atom is -0.466 e. The Hall–Kier alpha value is -4.62. The van der Waals surface area contributed by atoms with Crippen molar-refractivity contribution >= 4 is 40.7 Å². The summed E-state index contributed by atoms with van der Waals surface area (Å²) in [5.41, 5.74) is 0.0191. The lowest BCUT2D eigenvalue weighted by Crippen LogP contribution is -2.50. The Balaban J connectivity index is 2.16. The van der Waals surface area contributed by atoms with E-state index in [1.165, 1.54) is 45.3 Å². The SMILES string of the molecule is CCOC(=O)CC(=O)N(c1ccc2[nH]cnc2c1)C(C(=O)NC(C)C(C)OC(=O)OC)c1cc(F)cc(F)c1F. The highest BCUT2D eigenvalue weighted by atomic mass is 19.2. The van der Waals surface area contributed by atoms with E-state index in [0.717, 1.165) is 12.0 Å². The molecule has 0 radical (unpaired) electrons. The highest BCUT2D eigenvalue weighted by molar-refractivity contribution is 6.08. The van der Waals surface area contributed by atoms with E-state index in [1.54, 1.807) is 0 Å². The Kier molecular flexibility index (Phi) is 9.69. The molecule has 3 atom stereocenters. The molecule has 0 aliphatic heterocycles. The average molecular weight is 565 g/mol. The molecular formula is C26H27F3N4O7. The summed E-state index contributed by atoms with van der Waals surface area (Å²) >= 11 is 0. The number of esters is 1. The van der Waals surface area contributed by atoms with E-state index in [-0.39, 0.29) is 18.4 Å². The molecule has 2 amide bonds. The zero-order valence-corrected chi connectivity index (χ0v) is 22.0. The number of benzene rings is 2. The number of hydrogen-bond acceptors (Lipinski definition) is 8. The van der Waals surface area contributed by atoms with Gasteiger partial charge in [0.05, 0.1) is 37.1 Å². The van der Waals surface area contributed by atoms with Gasteiger partial charge >= 0.3 is 12.1 Å². The maximum absolute atomic E-state index is 15.2. The molecule has 0 saturated heterocycles. The number of rotatable bonds is 10. The molecule has 3 rings (SSSR count). The number of H-pyrrole nitrogens is 1. The number of aromatic nitrogens is 2. The van der Waals surface area contributed by atoms with Gasteiger partial charge in [-0.3, -0.25) is 19.3 Å². The minimum atomic E-state index is -2.03. The van der Waals surface area contributed by atoms with E-state index >= 15 is 4.39 Å². The normalized spacial score (nSPS) is 13.2. The van der Waals surface area contributed by atoms with Crippen LogP contribution < -0.4 is 10.2 Å². The maximum atomic E-state index is 15.2. The first-order valence-electron chi connectivity index (χ1n) is 12.1. The number of aromatic amines is 1. The zero-order chi connectivity index (χ0) is 29.6. The van der Waals surface area contributed by atoms with E-state index in [1.807, 2.05) is 0 Å². The summed E-state index contributed by atoms with van der Waals surface area (Å²) in [6, 6.07) is 2.12. The van der Waals surface area contributed by atoms with Crippen molar-refractivity contribution in [3.63, 3.8) is 0 Å². The standard InChI is InChI=1S/C26H27F3N4O7/c1-5-39-22(35)11-21(34)33(16-6-7-19-20(10-16)31-12-30-19)24(17-8-15(27)9-18(28)23(17)29)25(36)32-13(2)14(3)40-26(37)38-4/h6-10,12-14,24H,5,11H2,1-4H3,(H,30,31)(H,32,36). The van der Waals surface area contributed by atoms with Gasteiger partial charge in [0.25, 0.3) is 0 Å². The third kappa shape index (κ3) is 6.87. The van der Waals surface area contributed by atoms with Gasteiger partial charge in [0.1, 0.15) is 24.4 Å². The number of imidazole rings is 1.